The van der Waals surface area contributed by atoms with E-state index in [1.807, 2.05) is 30.3 Å². The Morgan fingerprint density at radius 2 is 1.47 bits per heavy atom. The Kier molecular flexibility index (Phi) is 5.81. The van der Waals surface area contributed by atoms with Gasteiger partial charge in [0, 0.05) is 17.3 Å². The molecule has 0 aliphatic carbocycles. The monoisotopic (exact) mass is 435 g/mol. The Bertz CT molecular complexity index is 1240. The number of benzene rings is 3. The number of ether oxygens (including phenoxy) is 1. The van der Waals surface area contributed by atoms with Gasteiger partial charge in [-0.05, 0) is 60.4 Å². The molecule has 0 spiro atoms. The van der Waals surface area contributed by atoms with Gasteiger partial charge < -0.3 is 10.1 Å². The molecule has 0 fully saturated rings. The molecular weight excluding hydrogens is 415 g/mol. The molecule has 0 aliphatic rings. The van der Waals surface area contributed by atoms with E-state index < -0.39 is 6.36 Å². The molecule has 7 heteroatoms. The molecule has 0 radical (unpaired) electrons. The minimum absolute atomic E-state index is 0.282. The number of alkyl halides is 3. The number of hydrogen-bond donors (Lipinski definition) is 1. The lowest BCUT2D eigenvalue weighted by atomic mass is 9.92. The molecule has 0 saturated carbocycles. The number of aromatic nitrogens is 2. The van der Waals surface area contributed by atoms with Crippen molar-refractivity contribution in [3.8, 4) is 28.1 Å². The Morgan fingerprint density at radius 1 is 0.781 bits per heavy atom. The van der Waals surface area contributed by atoms with Gasteiger partial charge in [-0.3, -0.25) is 0 Å². The van der Waals surface area contributed by atoms with Crippen LogP contribution in [0.15, 0.2) is 79.1 Å². The van der Waals surface area contributed by atoms with Gasteiger partial charge in [-0.15, -0.1) is 13.2 Å². The molecule has 1 N–H and O–H groups in total. The van der Waals surface area contributed by atoms with E-state index in [2.05, 4.69) is 52.1 Å². The molecule has 3 aromatic carbocycles. The van der Waals surface area contributed by atoms with Crippen LogP contribution >= 0.6 is 0 Å². The second kappa shape index (κ2) is 8.70. The van der Waals surface area contributed by atoms with Crippen molar-refractivity contribution in [1.82, 2.24) is 9.97 Å². The number of rotatable bonds is 5. The Balaban J connectivity index is 1.60. The molecule has 4 rings (SSSR count). The molecule has 0 amide bonds. The molecule has 0 atom stereocenters. The van der Waals surface area contributed by atoms with E-state index in [9.17, 15) is 13.2 Å². The van der Waals surface area contributed by atoms with Gasteiger partial charge in [-0.1, -0.05) is 42.5 Å². The number of nitrogens with zero attached hydrogens (tertiary/aromatic N) is 2. The molecule has 162 valence electrons. The summed E-state index contributed by atoms with van der Waals surface area (Å²) in [6.07, 6.45) is -3.26. The SMILES string of the molecule is Cc1ccccc1-c1cccc(-c2cc(Nc3ccc(OC(F)(F)F)cc3)ncn2)c1C. The van der Waals surface area contributed by atoms with Crippen molar-refractivity contribution < 1.29 is 17.9 Å². The molecule has 1 aromatic heterocycles. The summed E-state index contributed by atoms with van der Waals surface area (Å²) in [7, 11) is 0. The third-order valence-electron chi connectivity index (χ3n) is 5.07. The number of anilines is 2. The maximum Gasteiger partial charge on any atom is 0.573 e. The highest BCUT2D eigenvalue weighted by molar-refractivity contribution is 5.79. The van der Waals surface area contributed by atoms with Crippen molar-refractivity contribution in [2.24, 2.45) is 0 Å². The maximum absolute atomic E-state index is 12.3. The molecule has 1 heterocycles. The van der Waals surface area contributed by atoms with Crippen LogP contribution in [0.4, 0.5) is 24.7 Å². The van der Waals surface area contributed by atoms with Crippen LogP contribution in [0.25, 0.3) is 22.4 Å². The average Bonchev–Trinajstić information content (AvgIpc) is 2.75. The van der Waals surface area contributed by atoms with Gasteiger partial charge in [0.05, 0.1) is 5.69 Å². The minimum Gasteiger partial charge on any atom is -0.406 e. The third-order valence-corrected chi connectivity index (χ3v) is 5.07. The van der Waals surface area contributed by atoms with Gasteiger partial charge in [0.25, 0.3) is 0 Å². The average molecular weight is 435 g/mol. The van der Waals surface area contributed by atoms with Crippen LogP contribution < -0.4 is 10.1 Å². The summed E-state index contributed by atoms with van der Waals surface area (Å²) in [5, 5.41) is 3.09. The van der Waals surface area contributed by atoms with E-state index in [4.69, 9.17) is 0 Å². The van der Waals surface area contributed by atoms with Gasteiger partial charge in [0.1, 0.15) is 17.9 Å². The highest BCUT2D eigenvalue weighted by Crippen LogP contribution is 2.33. The molecule has 32 heavy (non-hydrogen) atoms. The first kappa shape index (κ1) is 21.4. The Labute approximate surface area is 183 Å². The second-order valence-electron chi connectivity index (χ2n) is 7.28. The molecule has 0 aliphatic heterocycles. The van der Waals surface area contributed by atoms with Crippen LogP contribution in [0.1, 0.15) is 11.1 Å². The lowest BCUT2D eigenvalue weighted by molar-refractivity contribution is -0.274. The highest BCUT2D eigenvalue weighted by atomic mass is 19.4. The quantitative estimate of drug-likeness (QED) is 0.364. The van der Waals surface area contributed by atoms with Crippen LogP contribution in [0.3, 0.4) is 0 Å². The maximum atomic E-state index is 12.3. The fourth-order valence-electron chi connectivity index (χ4n) is 3.54. The summed E-state index contributed by atoms with van der Waals surface area (Å²) in [5.41, 5.74) is 6.89. The van der Waals surface area contributed by atoms with Crippen LogP contribution in [-0.4, -0.2) is 16.3 Å². The standard InChI is InChI=1S/C25H20F3N3O/c1-16-6-3-4-7-20(16)21-8-5-9-22(17(21)2)23-14-24(30-15-29-23)31-18-10-12-19(13-11-18)32-25(26,27)28/h3-15H,1-2H3,(H,29,30,31). The zero-order valence-corrected chi connectivity index (χ0v) is 17.4. The van der Waals surface area contributed by atoms with Gasteiger partial charge in [0.2, 0.25) is 0 Å². The van der Waals surface area contributed by atoms with E-state index in [-0.39, 0.29) is 5.75 Å². The third kappa shape index (κ3) is 4.88. The number of aryl methyl sites for hydroxylation is 1. The second-order valence-corrected chi connectivity index (χ2v) is 7.28. The van der Waals surface area contributed by atoms with Crippen LogP contribution in [0.5, 0.6) is 5.75 Å². The van der Waals surface area contributed by atoms with Crippen molar-refractivity contribution in [1.29, 1.82) is 0 Å². The van der Waals surface area contributed by atoms with Crippen LogP contribution in [0, 0.1) is 13.8 Å². The zero-order chi connectivity index (χ0) is 22.7. The summed E-state index contributed by atoms with van der Waals surface area (Å²) in [5.74, 6) is 0.246. The van der Waals surface area contributed by atoms with Gasteiger partial charge in [-0.2, -0.15) is 0 Å². The number of hydrogen-bond acceptors (Lipinski definition) is 4. The molecule has 0 unspecified atom stereocenters. The zero-order valence-electron chi connectivity index (χ0n) is 17.4. The van der Waals surface area contributed by atoms with E-state index >= 15 is 0 Å². The van der Waals surface area contributed by atoms with Crippen molar-refractivity contribution in [2.75, 3.05) is 5.32 Å². The normalized spacial score (nSPS) is 11.3. The van der Waals surface area contributed by atoms with E-state index in [0.717, 1.165) is 22.4 Å². The molecule has 0 bridgehead atoms. The number of halogens is 3. The highest BCUT2D eigenvalue weighted by Gasteiger charge is 2.30. The molecule has 4 aromatic rings. The molecule has 4 nitrogen and oxygen atoms in total. The fraction of sp³-hybridized carbons (Fsp3) is 0.120. The van der Waals surface area contributed by atoms with Crippen molar-refractivity contribution in [3.63, 3.8) is 0 Å². The molecule has 0 saturated heterocycles. The van der Waals surface area contributed by atoms with Gasteiger partial charge in [0.15, 0.2) is 0 Å². The summed E-state index contributed by atoms with van der Waals surface area (Å²) < 4.78 is 40.9. The Morgan fingerprint density at radius 3 is 2.19 bits per heavy atom. The summed E-state index contributed by atoms with van der Waals surface area (Å²) in [4.78, 5) is 8.66. The lowest BCUT2D eigenvalue weighted by Crippen LogP contribution is -2.16. The first-order valence-electron chi connectivity index (χ1n) is 9.91. The van der Waals surface area contributed by atoms with Gasteiger partial charge in [-0.25, -0.2) is 9.97 Å². The summed E-state index contributed by atoms with van der Waals surface area (Å²) >= 11 is 0. The minimum atomic E-state index is -4.72. The fourth-order valence-corrected chi connectivity index (χ4v) is 3.54. The van der Waals surface area contributed by atoms with E-state index in [1.165, 1.54) is 41.7 Å². The van der Waals surface area contributed by atoms with Crippen molar-refractivity contribution in [2.45, 2.75) is 20.2 Å². The van der Waals surface area contributed by atoms with Crippen molar-refractivity contribution >= 4 is 11.5 Å². The van der Waals surface area contributed by atoms with E-state index in [0.29, 0.717) is 11.5 Å². The first-order chi connectivity index (χ1) is 15.3. The van der Waals surface area contributed by atoms with Crippen LogP contribution in [-0.2, 0) is 0 Å². The van der Waals surface area contributed by atoms with Crippen LogP contribution in [0.2, 0.25) is 0 Å². The lowest BCUT2D eigenvalue weighted by Gasteiger charge is -2.14. The first-order valence-corrected chi connectivity index (χ1v) is 9.91. The Hall–Kier alpha value is -3.87. The van der Waals surface area contributed by atoms with Crippen molar-refractivity contribution in [3.05, 3.63) is 90.3 Å². The largest absolute Gasteiger partial charge is 0.573 e. The topological polar surface area (TPSA) is 47.0 Å². The molecular formula is C25H20F3N3O. The summed E-state index contributed by atoms with van der Waals surface area (Å²) in [6, 6.07) is 21.6. The predicted octanol–water partition coefficient (Wildman–Crippen LogP) is 7.07. The number of nitrogens with one attached hydrogen (secondary N) is 1. The summed E-state index contributed by atoms with van der Waals surface area (Å²) in [6.45, 7) is 4.14. The smallest absolute Gasteiger partial charge is 0.406 e. The predicted molar refractivity (Wildman–Crippen MR) is 119 cm³/mol. The van der Waals surface area contributed by atoms with E-state index in [1.54, 1.807) is 0 Å². The van der Waals surface area contributed by atoms with Gasteiger partial charge >= 0.3 is 6.36 Å².